The summed E-state index contributed by atoms with van der Waals surface area (Å²) in [6.45, 7) is 1.92. The van der Waals surface area contributed by atoms with Crippen LogP contribution in [0, 0.1) is 0 Å². The van der Waals surface area contributed by atoms with Crippen LogP contribution in [-0.2, 0) is 9.47 Å². The van der Waals surface area contributed by atoms with E-state index in [1.165, 1.54) is 12.0 Å². The molecule has 2 aliphatic rings. The number of ether oxygens (including phenoxy) is 3. The zero-order chi connectivity index (χ0) is 15.9. The van der Waals surface area contributed by atoms with E-state index < -0.39 is 0 Å². The summed E-state index contributed by atoms with van der Waals surface area (Å²) in [7, 11) is 0. The van der Waals surface area contributed by atoms with E-state index in [-0.39, 0.29) is 12.4 Å². The second kappa shape index (κ2) is 8.67. The summed E-state index contributed by atoms with van der Waals surface area (Å²) in [4.78, 5) is 0. The van der Waals surface area contributed by atoms with Crippen LogP contribution in [0.3, 0.4) is 0 Å². The van der Waals surface area contributed by atoms with Gasteiger partial charge >= 0.3 is 0 Å². The van der Waals surface area contributed by atoms with Crippen LogP contribution in [0.1, 0.15) is 56.4 Å². The third kappa shape index (κ3) is 5.20. The molecule has 128 valence electrons. The lowest BCUT2D eigenvalue weighted by atomic mass is 9.83. The zero-order valence-corrected chi connectivity index (χ0v) is 13.8. The average Bonchev–Trinajstić information content (AvgIpc) is 2.61. The molecular formula is C19H28O4. The Morgan fingerprint density at radius 3 is 2.43 bits per heavy atom. The molecule has 0 radical (unpaired) electrons. The van der Waals surface area contributed by atoms with Crippen LogP contribution in [-0.4, -0.2) is 37.3 Å². The number of hydrogen-bond acceptors (Lipinski definition) is 4. The first-order chi connectivity index (χ1) is 11.3. The third-order valence-electron chi connectivity index (χ3n) is 4.84. The second-order valence-corrected chi connectivity index (χ2v) is 6.59. The molecule has 23 heavy (non-hydrogen) atoms. The summed E-state index contributed by atoms with van der Waals surface area (Å²) < 4.78 is 16.9. The van der Waals surface area contributed by atoms with Crippen LogP contribution in [0.5, 0.6) is 5.75 Å². The Hall–Kier alpha value is -1.10. The fourth-order valence-corrected chi connectivity index (χ4v) is 3.43. The first kappa shape index (κ1) is 16.7. The number of aliphatic hydroxyl groups excluding tert-OH is 1. The molecule has 0 amide bonds. The summed E-state index contributed by atoms with van der Waals surface area (Å²) >= 11 is 0. The van der Waals surface area contributed by atoms with E-state index in [1.54, 1.807) is 0 Å². The lowest BCUT2D eigenvalue weighted by Crippen LogP contribution is -2.24. The van der Waals surface area contributed by atoms with E-state index in [0.29, 0.717) is 19.1 Å². The van der Waals surface area contributed by atoms with Crippen molar-refractivity contribution in [3.63, 3.8) is 0 Å². The van der Waals surface area contributed by atoms with Crippen molar-refractivity contribution in [2.75, 3.05) is 19.8 Å². The van der Waals surface area contributed by atoms with Crippen LogP contribution in [0.2, 0.25) is 0 Å². The highest BCUT2D eigenvalue weighted by molar-refractivity contribution is 5.29. The fourth-order valence-electron chi connectivity index (χ4n) is 3.43. The van der Waals surface area contributed by atoms with Gasteiger partial charge in [0.2, 0.25) is 0 Å². The molecule has 0 aromatic heterocycles. The molecule has 4 nitrogen and oxygen atoms in total. The first-order valence-electron chi connectivity index (χ1n) is 8.95. The molecule has 1 N–H and O–H groups in total. The quantitative estimate of drug-likeness (QED) is 0.813. The molecule has 2 fully saturated rings. The van der Waals surface area contributed by atoms with Gasteiger partial charge in [-0.25, -0.2) is 0 Å². The van der Waals surface area contributed by atoms with Crippen molar-refractivity contribution in [2.24, 2.45) is 0 Å². The standard InChI is InChI=1S/C19H28O4/c20-17-8-4-15(5-9-17)16-6-10-18(11-7-16)21-13-14-23-19-3-1-2-12-22-19/h6-7,10-11,15,17,19-20H,1-5,8-9,12-14H2. The number of aliphatic hydroxyl groups is 1. The van der Waals surface area contributed by atoms with Crippen molar-refractivity contribution in [1.82, 2.24) is 0 Å². The predicted molar refractivity (Wildman–Crippen MR) is 88.7 cm³/mol. The van der Waals surface area contributed by atoms with Gasteiger partial charge in [0.1, 0.15) is 12.4 Å². The maximum atomic E-state index is 9.59. The van der Waals surface area contributed by atoms with Gasteiger partial charge in [-0.05, 0) is 68.6 Å². The van der Waals surface area contributed by atoms with Gasteiger partial charge in [0.15, 0.2) is 6.29 Å². The van der Waals surface area contributed by atoms with Gasteiger partial charge in [-0.3, -0.25) is 0 Å². The molecule has 1 aromatic rings. The largest absolute Gasteiger partial charge is 0.491 e. The van der Waals surface area contributed by atoms with Crippen molar-refractivity contribution in [1.29, 1.82) is 0 Å². The van der Waals surface area contributed by atoms with Crippen LogP contribution in [0.25, 0.3) is 0 Å². The van der Waals surface area contributed by atoms with E-state index in [4.69, 9.17) is 14.2 Å². The van der Waals surface area contributed by atoms with Gasteiger partial charge in [-0.15, -0.1) is 0 Å². The van der Waals surface area contributed by atoms with Gasteiger partial charge in [0.25, 0.3) is 0 Å². The maximum Gasteiger partial charge on any atom is 0.157 e. The highest BCUT2D eigenvalue weighted by Gasteiger charge is 2.20. The third-order valence-corrected chi connectivity index (χ3v) is 4.84. The molecular weight excluding hydrogens is 292 g/mol. The zero-order valence-electron chi connectivity index (χ0n) is 13.8. The Kier molecular flexibility index (Phi) is 6.31. The molecule has 1 aliphatic heterocycles. The minimum atomic E-state index is -0.0954. The number of hydrogen-bond donors (Lipinski definition) is 1. The summed E-state index contributed by atoms with van der Waals surface area (Å²) in [6, 6.07) is 8.39. The first-order valence-corrected chi connectivity index (χ1v) is 8.95. The topological polar surface area (TPSA) is 47.9 Å². The Balaban J connectivity index is 1.37. The van der Waals surface area contributed by atoms with Crippen molar-refractivity contribution < 1.29 is 19.3 Å². The summed E-state index contributed by atoms with van der Waals surface area (Å²) in [5, 5.41) is 9.59. The van der Waals surface area contributed by atoms with E-state index in [9.17, 15) is 5.11 Å². The second-order valence-electron chi connectivity index (χ2n) is 6.59. The lowest BCUT2D eigenvalue weighted by molar-refractivity contribution is -0.165. The van der Waals surface area contributed by atoms with E-state index >= 15 is 0 Å². The molecule has 1 saturated heterocycles. The Bertz CT molecular complexity index is 445. The summed E-state index contributed by atoms with van der Waals surface area (Å²) in [6.07, 6.45) is 7.18. The molecule has 0 bridgehead atoms. The molecule has 3 rings (SSSR count). The van der Waals surface area contributed by atoms with Crippen LogP contribution >= 0.6 is 0 Å². The van der Waals surface area contributed by atoms with Gasteiger partial charge in [-0.2, -0.15) is 0 Å². The summed E-state index contributed by atoms with van der Waals surface area (Å²) in [5.74, 6) is 1.47. The molecule has 1 unspecified atom stereocenters. The molecule has 4 heteroatoms. The Morgan fingerprint density at radius 1 is 0.957 bits per heavy atom. The molecule has 1 heterocycles. The average molecular weight is 320 g/mol. The minimum absolute atomic E-state index is 0.0450. The molecule has 1 atom stereocenters. The van der Waals surface area contributed by atoms with Crippen LogP contribution in [0.4, 0.5) is 0 Å². The summed E-state index contributed by atoms with van der Waals surface area (Å²) in [5.41, 5.74) is 1.36. The van der Waals surface area contributed by atoms with Gasteiger partial charge in [0.05, 0.1) is 12.7 Å². The van der Waals surface area contributed by atoms with Crippen LogP contribution in [0.15, 0.2) is 24.3 Å². The highest BCUT2D eigenvalue weighted by atomic mass is 16.7. The van der Waals surface area contributed by atoms with Gasteiger partial charge in [0, 0.05) is 6.61 Å². The van der Waals surface area contributed by atoms with E-state index in [1.807, 2.05) is 12.1 Å². The molecule has 1 aliphatic carbocycles. The predicted octanol–water partition coefficient (Wildman–Crippen LogP) is 3.63. The number of rotatable bonds is 6. The molecule has 1 aromatic carbocycles. The molecule has 1 saturated carbocycles. The molecule has 0 spiro atoms. The van der Waals surface area contributed by atoms with Crippen molar-refractivity contribution >= 4 is 0 Å². The SMILES string of the molecule is OC1CCC(c2ccc(OCCOC3CCCCO3)cc2)CC1. The number of benzene rings is 1. The highest BCUT2D eigenvalue weighted by Crippen LogP contribution is 2.33. The Labute approximate surface area is 138 Å². The normalized spacial score (nSPS) is 28.5. The maximum absolute atomic E-state index is 9.59. The fraction of sp³-hybridized carbons (Fsp3) is 0.684. The lowest BCUT2D eigenvalue weighted by Gasteiger charge is -2.25. The van der Waals surface area contributed by atoms with Crippen molar-refractivity contribution in [2.45, 2.75) is 63.3 Å². The van der Waals surface area contributed by atoms with E-state index in [2.05, 4.69) is 12.1 Å². The van der Waals surface area contributed by atoms with Gasteiger partial charge in [-0.1, -0.05) is 12.1 Å². The Morgan fingerprint density at radius 2 is 1.74 bits per heavy atom. The van der Waals surface area contributed by atoms with E-state index in [0.717, 1.165) is 50.9 Å². The monoisotopic (exact) mass is 320 g/mol. The van der Waals surface area contributed by atoms with Crippen molar-refractivity contribution in [3.05, 3.63) is 29.8 Å². The minimum Gasteiger partial charge on any atom is -0.491 e. The smallest absolute Gasteiger partial charge is 0.157 e. The van der Waals surface area contributed by atoms with Crippen LogP contribution < -0.4 is 4.74 Å². The van der Waals surface area contributed by atoms with Gasteiger partial charge < -0.3 is 19.3 Å². The van der Waals surface area contributed by atoms with Crippen molar-refractivity contribution in [3.8, 4) is 5.75 Å².